The molecule has 0 saturated heterocycles. The van der Waals surface area contributed by atoms with Crippen LogP contribution < -0.4 is 16.2 Å². The number of carbonyl (C=O) groups is 1. The summed E-state index contributed by atoms with van der Waals surface area (Å²) in [6, 6.07) is 8.11. The Labute approximate surface area is 120 Å². The molecule has 1 aliphatic carbocycles. The molecule has 2 atom stereocenters. The zero-order valence-electron chi connectivity index (χ0n) is 12.3. The average Bonchev–Trinajstić information content (AvgIpc) is 2.39. The maximum atomic E-state index is 11.4. The van der Waals surface area contributed by atoms with E-state index in [0.717, 1.165) is 18.6 Å². The second kappa shape index (κ2) is 5.83. The minimum atomic E-state index is -0.916. The van der Waals surface area contributed by atoms with Gasteiger partial charge in [0.2, 0.25) is 5.91 Å². The van der Waals surface area contributed by atoms with Gasteiger partial charge in [0, 0.05) is 6.42 Å². The van der Waals surface area contributed by atoms with Gasteiger partial charge in [-0.1, -0.05) is 26.0 Å². The number of hydrogen-bond donors (Lipinski definition) is 2. The number of hydrogen-bond acceptors (Lipinski definition) is 3. The fraction of sp³-hybridized carbons (Fsp3) is 0.562. The summed E-state index contributed by atoms with van der Waals surface area (Å²) in [6.07, 6.45) is 2.89. The van der Waals surface area contributed by atoms with Crippen molar-refractivity contribution < 1.29 is 9.53 Å². The van der Waals surface area contributed by atoms with Crippen LogP contribution in [0.1, 0.15) is 51.0 Å². The average molecular weight is 276 g/mol. The number of ether oxygens (including phenoxy) is 1. The lowest BCUT2D eigenvalue weighted by Crippen LogP contribution is -2.56. The molecule has 0 spiro atoms. The summed E-state index contributed by atoms with van der Waals surface area (Å²) in [5.74, 6) is 0.902. The third kappa shape index (κ3) is 3.31. The number of amides is 1. The zero-order valence-corrected chi connectivity index (χ0v) is 12.3. The van der Waals surface area contributed by atoms with Gasteiger partial charge in [0.05, 0.1) is 5.54 Å². The first kappa shape index (κ1) is 14.9. The second-order valence-corrected chi connectivity index (χ2v) is 6.08. The molecule has 4 N–H and O–H groups in total. The number of nitrogens with two attached hydrogens (primary N) is 2. The van der Waals surface area contributed by atoms with Crippen LogP contribution in [-0.2, 0) is 4.79 Å². The predicted molar refractivity (Wildman–Crippen MR) is 79.5 cm³/mol. The van der Waals surface area contributed by atoms with Crippen LogP contribution in [0.25, 0.3) is 0 Å². The van der Waals surface area contributed by atoms with Crippen LogP contribution in [0.15, 0.2) is 24.3 Å². The van der Waals surface area contributed by atoms with E-state index in [9.17, 15) is 4.79 Å². The van der Waals surface area contributed by atoms with Crippen molar-refractivity contribution in [1.82, 2.24) is 0 Å². The maximum absolute atomic E-state index is 11.4. The van der Waals surface area contributed by atoms with Crippen molar-refractivity contribution in [3.05, 3.63) is 29.8 Å². The molecule has 0 aliphatic heterocycles. The molecule has 4 nitrogen and oxygen atoms in total. The molecule has 0 aromatic heterocycles. The van der Waals surface area contributed by atoms with Crippen molar-refractivity contribution in [2.45, 2.75) is 57.1 Å². The molecule has 1 saturated carbocycles. The quantitative estimate of drug-likeness (QED) is 0.885. The summed E-state index contributed by atoms with van der Waals surface area (Å²) in [4.78, 5) is 11.4. The highest BCUT2D eigenvalue weighted by atomic mass is 16.5. The van der Waals surface area contributed by atoms with Gasteiger partial charge in [0.25, 0.3) is 0 Å². The maximum Gasteiger partial charge on any atom is 0.237 e. The van der Waals surface area contributed by atoms with E-state index >= 15 is 0 Å². The van der Waals surface area contributed by atoms with Crippen molar-refractivity contribution in [1.29, 1.82) is 0 Å². The molecule has 0 bridgehead atoms. The summed E-state index contributed by atoms with van der Waals surface area (Å²) >= 11 is 0. The van der Waals surface area contributed by atoms with Gasteiger partial charge in [-0.3, -0.25) is 4.79 Å². The molecule has 1 aromatic rings. The fourth-order valence-corrected chi connectivity index (χ4v) is 2.70. The molecule has 110 valence electrons. The Morgan fingerprint density at radius 2 is 2.00 bits per heavy atom. The molecule has 20 heavy (non-hydrogen) atoms. The van der Waals surface area contributed by atoms with E-state index in [2.05, 4.69) is 26.0 Å². The van der Waals surface area contributed by atoms with E-state index in [4.69, 9.17) is 16.2 Å². The van der Waals surface area contributed by atoms with Gasteiger partial charge in [-0.05, 0) is 42.9 Å². The predicted octanol–water partition coefficient (Wildman–Crippen LogP) is 2.31. The minimum Gasteiger partial charge on any atom is -0.490 e. The highest BCUT2D eigenvalue weighted by molar-refractivity contribution is 5.84. The standard InChI is InChI=1S/C16H24N2O2/c1-11(2)12-5-7-13(8-6-12)20-14-4-3-9-16(18,10-14)15(17)19/h5-8,11,14H,3-4,9-10,18H2,1-2H3,(H2,17,19). The summed E-state index contributed by atoms with van der Waals surface area (Å²) < 4.78 is 5.95. The largest absolute Gasteiger partial charge is 0.490 e. The number of primary amides is 1. The summed E-state index contributed by atoms with van der Waals surface area (Å²) in [5, 5.41) is 0. The highest BCUT2D eigenvalue weighted by Gasteiger charge is 2.38. The van der Waals surface area contributed by atoms with Crippen molar-refractivity contribution in [3.8, 4) is 5.75 Å². The first-order valence-corrected chi connectivity index (χ1v) is 7.26. The number of benzene rings is 1. The van der Waals surface area contributed by atoms with E-state index in [-0.39, 0.29) is 6.10 Å². The van der Waals surface area contributed by atoms with E-state index in [1.165, 1.54) is 5.56 Å². The molecule has 4 heteroatoms. The molecule has 1 amide bonds. The molecule has 1 aromatic carbocycles. The van der Waals surface area contributed by atoms with Crippen LogP contribution >= 0.6 is 0 Å². The molecular weight excluding hydrogens is 252 g/mol. The lowest BCUT2D eigenvalue weighted by molar-refractivity contribution is -0.125. The SMILES string of the molecule is CC(C)c1ccc(OC2CCCC(N)(C(N)=O)C2)cc1. The smallest absolute Gasteiger partial charge is 0.237 e. The first-order valence-electron chi connectivity index (χ1n) is 7.26. The Morgan fingerprint density at radius 1 is 1.35 bits per heavy atom. The van der Waals surface area contributed by atoms with E-state index in [1.807, 2.05) is 12.1 Å². The molecule has 2 unspecified atom stereocenters. The third-order valence-electron chi connectivity index (χ3n) is 4.08. The summed E-state index contributed by atoms with van der Waals surface area (Å²) in [6.45, 7) is 4.32. The Bertz CT molecular complexity index is 470. The van der Waals surface area contributed by atoms with E-state index in [1.54, 1.807) is 0 Å². The fourth-order valence-electron chi connectivity index (χ4n) is 2.70. The van der Waals surface area contributed by atoms with Crippen LogP contribution in [-0.4, -0.2) is 17.6 Å². The Balaban J connectivity index is 2.01. The molecular formula is C16H24N2O2. The molecule has 0 radical (unpaired) electrons. The van der Waals surface area contributed by atoms with Crippen molar-refractivity contribution in [2.24, 2.45) is 11.5 Å². The van der Waals surface area contributed by atoms with Gasteiger partial charge in [-0.2, -0.15) is 0 Å². The lowest BCUT2D eigenvalue weighted by atomic mass is 9.80. The van der Waals surface area contributed by atoms with Crippen molar-refractivity contribution >= 4 is 5.91 Å². The van der Waals surface area contributed by atoms with Crippen LogP contribution in [0.5, 0.6) is 5.75 Å². The Morgan fingerprint density at radius 3 is 2.55 bits per heavy atom. The van der Waals surface area contributed by atoms with Crippen LogP contribution in [0.3, 0.4) is 0 Å². The number of carbonyl (C=O) groups excluding carboxylic acids is 1. The lowest BCUT2D eigenvalue weighted by Gasteiger charge is -2.35. The van der Waals surface area contributed by atoms with Crippen molar-refractivity contribution in [2.75, 3.05) is 0 Å². The summed E-state index contributed by atoms with van der Waals surface area (Å²) in [7, 11) is 0. The number of rotatable bonds is 4. The molecule has 0 heterocycles. The monoisotopic (exact) mass is 276 g/mol. The Hall–Kier alpha value is -1.55. The van der Waals surface area contributed by atoms with E-state index < -0.39 is 11.4 Å². The third-order valence-corrected chi connectivity index (χ3v) is 4.08. The van der Waals surface area contributed by atoms with Crippen LogP contribution in [0, 0.1) is 0 Å². The normalized spacial score (nSPS) is 26.5. The van der Waals surface area contributed by atoms with Crippen LogP contribution in [0.4, 0.5) is 0 Å². The topological polar surface area (TPSA) is 78.3 Å². The highest BCUT2D eigenvalue weighted by Crippen LogP contribution is 2.29. The van der Waals surface area contributed by atoms with Gasteiger partial charge in [0.1, 0.15) is 11.9 Å². The van der Waals surface area contributed by atoms with Gasteiger partial charge in [0.15, 0.2) is 0 Å². The van der Waals surface area contributed by atoms with Gasteiger partial charge < -0.3 is 16.2 Å². The minimum absolute atomic E-state index is 0.0360. The van der Waals surface area contributed by atoms with E-state index in [0.29, 0.717) is 18.8 Å². The zero-order chi connectivity index (χ0) is 14.8. The Kier molecular flexibility index (Phi) is 4.33. The van der Waals surface area contributed by atoms with Crippen molar-refractivity contribution in [3.63, 3.8) is 0 Å². The summed E-state index contributed by atoms with van der Waals surface area (Å²) in [5.41, 5.74) is 11.8. The molecule has 1 fully saturated rings. The molecule has 1 aliphatic rings. The van der Waals surface area contributed by atoms with Gasteiger partial charge in [-0.15, -0.1) is 0 Å². The molecule has 2 rings (SSSR count). The van der Waals surface area contributed by atoms with Crippen LogP contribution in [0.2, 0.25) is 0 Å². The van der Waals surface area contributed by atoms with Gasteiger partial charge in [-0.25, -0.2) is 0 Å². The first-order chi connectivity index (χ1) is 9.40. The van der Waals surface area contributed by atoms with Gasteiger partial charge >= 0.3 is 0 Å². The second-order valence-electron chi connectivity index (χ2n) is 6.08.